The van der Waals surface area contributed by atoms with Gasteiger partial charge in [-0.05, 0) is 37.0 Å². The predicted molar refractivity (Wildman–Crippen MR) is 44.2 cm³/mol. The number of nitroso groups, excluding NO2 is 1. The Morgan fingerprint density at radius 2 is 2.09 bits per heavy atom. The molecule has 11 heavy (non-hydrogen) atoms. The standard InChI is InChI=1S/C9H15NO/c11-10-6-8-5-4-7-2-1-3-9(7)8/h7-9H,1-6H2. The fourth-order valence-electron chi connectivity index (χ4n) is 3.01. The van der Waals surface area contributed by atoms with E-state index in [2.05, 4.69) is 5.18 Å². The molecule has 0 radical (unpaired) electrons. The Bertz CT molecular complexity index is 158. The molecular weight excluding hydrogens is 138 g/mol. The zero-order valence-electron chi connectivity index (χ0n) is 6.83. The molecule has 0 bridgehead atoms. The molecule has 2 nitrogen and oxygen atoms in total. The molecule has 0 amide bonds. The lowest BCUT2D eigenvalue weighted by Gasteiger charge is -2.14. The molecule has 62 valence electrons. The van der Waals surface area contributed by atoms with Crippen LogP contribution in [-0.4, -0.2) is 6.54 Å². The fourth-order valence-corrected chi connectivity index (χ4v) is 3.01. The van der Waals surface area contributed by atoms with Gasteiger partial charge in [-0.1, -0.05) is 18.0 Å². The van der Waals surface area contributed by atoms with Crippen LogP contribution in [0.1, 0.15) is 32.1 Å². The number of rotatable bonds is 2. The van der Waals surface area contributed by atoms with Crippen LogP contribution in [0.4, 0.5) is 0 Å². The lowest BCUT2D eigenvalue weighted by Crippen LogP contribution is -2.11. The molecule has 0 spiro atoms. The van der Waals surface area contributed by atoms with E-state index >= 15 is 0 Å². The summed E-state index contributed by atoms with van der Waals surface area (Å²) in [6, 6.07) is 0. The Morgan fingerprint density at radius 3 is 2.91 bits per heavy atom. The van der Waals surface area contributed by atoms with Crippen LogP contribution in [0.25, 0.3) is 0 Å². The maximum atomic E-state index is 10.1. The molecule has 0 aliphatic heterocycles. The van der Waals surface area contributed by atoms with E-state index in [1.54, 1.807) is 0 Å². The third kappa shape index (κ3) is 1.19. The highest BCUT2D eigenvalue weighted by atomic mass is 16.3. The van der Waals surface area contributed by atoms with Crippen molar-refractivity contribution in [2.24, 2.45) is 22.9 Å². The van der Waals surface area contributed by atoms with E-state index in [-0.39, 0.29) is 0 Å². The van der Waals surface area contributed by atoms with Gasteiger partial charge in [-0.25, -0.2) is 0 Å². The number of fused-ring (bicyclic) bond motifs is 1. The molecule has 2 aliphatic carbocycles. The van der Waals surface area contributed by atoms with Gasteiger partial charge in [-0.2, -0.15) is 4.91 Å². The molecule has 0 heterocycles. The van der Waals surface area contributed by atoms with Crippen LogP contribution < -0.4 is 0 Å². The summed E-state index contributed by atoms with van der Waals surface area (Å²) < 4.78 is 0. The second-order valence-electron chi connectivity index (χ2n) is 4.00. The summed E-state index contributed by atoms with van der Waals surface area (Å²) in [6.07, 6.45) is 6.81. The predicted octanol–water partition coefficient (Wildman–Crippen LogP) is 2.58. The molecule has 0 aromatic heterocycles. The van der Waals surface area contributed by atoms with Crippen molar-refractivity contribution in [3.05, 3.63) is 4.91 Å². The van der Waals surface area contributed by atoms with E-state index in [0.29, 0.717) is 12.5 Å². The Kier molecular flexibility index (Phi) is 1.93. The van der Waals surface area contributed by atoms with Crippen molar-refractivity contribution in [3.63, 3.8) is 0 Å². The third-order valence-electron chi connectivity index (χ3n) is 3.54. The van der Waals surface area contributed by atoms with Crippen LogP contribution in [0.2, 0.25) is 0 Å². The SMILES string of the molecule is O=NCC1CCC2CCCC21. The first-order valence-electron chi connectivity index (χ1n) is 4.71. The molecule has 0 N–H and O–H groups in total. The van der Waals surface area contributed by atoms with Gasteiger partial charge in [0.15, 0.2) is 0 Å². The van der Waals surface area contributed by atoms with Gasteiger partial charge in [0.05, 0.1) is 6.54 Å². The van der Waals surface area contributed by atoms with E-state index in [9.17, 15) is 4.91 Å². The van der Waals surface area contributed by atoms with Crippen LogP contribution in [0, 0.1) is 22.7 Å². The molecule has 0 aromatic carbocycles. The fraction of sp³-hybridized carbons (Fsp3) is 1.00. The summed E-state index contributed by atoms with van der Waals surface area (Å²) in [5.41, 5.74) is 0. The second kappa shape index (κ2) is 2.92. The highest BCUT2D eigenvalue weighted by Gasteiger charge is 2.38. The second-order valence-corrected chi connectivity index (χ2v) is 4.00. The van der Waals surface area contributed by atoms with E-state index in [1.807, 2.05) is 0 Å². The Labute approximate surface area is 67.3 Å². The van der Waals surface area contributed by atoms with E-state index in [4.69, 9.17) is 0 Å². The minimum absolute atomic E-state index is 0.584. The van der Waals surface area contributed by atoms with Crippen LogP contribution in [0.5, 0.6) is 0 Å². The van der Waals surface area contributed by atoms with Crippen LogP contribution in [0.3, 0.4) is 0 Å². The summed E-state index contributed by atoms with van der Waals surface area (Å²) in [5.74, 6) is 2.48. The smallest absolute Gasteiger partial charge is 0.0842 e. The van der Waals surface area contributed by atoms with Gasteiger partial charge >= 0.3 is 0 Å². The zero-order valence-corrected chi connectivity index (χ0v) is 6.83. The van der Waals surface area contributed by atoms with Gasteiger partial charge < -0.3 is 0 Å². The summed E-state index contributed by atoms with van der Waals surface area (Å²) in [5, 5.41) is 3.03. The maximum absolute atomic E-state index is 10.1. The first kappa shape index (κ1) is 7.26. The van der Waals surface area contributed by atoms with Crippen molar-refractivity contribution < 1.29 is 0 Å². The van der Waals surface area contributed by atoms with Crippen molar-refractivity contribution in [1.82, 2.24) is 0 Å². The van der Waals surface area contributed by atoms with Gasteiger partial charge in [-0.15, -0.1) is 0 Å². The van der Waals surface area contributed by atoms with Gasteiger partial charge in [0.25, 0.3) is 0 Å². The molecule has 2 saturated carbocycles. The molecular formula is C9H15NO. The summed E-state index contributed by atoms with van der Waals surface area (Å²) in [6.45, 7) is 0.584. The summed E-state index contributed by atoms with van der Waals surface area (Å²) in [7, 11) is 0. The third-order valence-corrected chi connectivity index (χ3v) is 3.54. The molecule has 3 atom stereocenters. The van der Waals surface area contributed by atoms with Crippen molar-refractivity contribution in [2.75, 3.05) is 6.54 Å². The van der Waals surface area contributed by atoms with Gasteiger partial charge in [0.1, 0.15) is 0 Å². The topological polar surface area (TPSA) is 29.4 Å². The molecule has 3 unspecified atom stereocenters. The van der Waals surface area contributed by atoms with E-state index in [1.165, 1.54) is 32.1 Å². The molecule has 2 fully saturated rings. The van der Waals surface area contributed by atoms with Crippen LogP contribution >= 0.6 is 0 Å². The molecule has 2 aliphatic rings. The number of hydrogen-bond acceptors (Lipinski definition) is 2. The summed E-state index contributed by atoms with van der Waals surface area (Å²) in [4.78, 5) is 10.1. The van der Waals surface area contributed by atoms with Crippen molar-refractivity contribution in [1.29, 1.82) is 0 Å². The highest BCUT2D eigenvalue weighted by molar-refractivity contribution is 4.89. The lowest BCUT2D eigenvalue weighted by molar-refractivity contribution is 0.360. The largest absolute Gasteiger partial charge is 0.151 e. The molecule has 2 heteroatoms. The zero-order chi connectivity index (χ0) is 7.68. The quantitative estimate of drug-likeness (QED) is 0.560. The van der Waals surface area contributed by atoms with Crippen molar-refractivity contribution >= 4 is 0 Å². The first-order valence-corrected chi connectivity index (χ1v) is 4.71. The average molecular weight is 153 g/mol. The van der Waals surface area contributed by atoms with E-state index < -0.39 is 0 Å². The van der Waals surface area contributed by atoms with Crippen molar-refractivity contribution in [2.45, 2.75) is 32.1 Å². The number of hydrogen-bond donors (Lipinski definition) is 0. The lowest BCUT2D eigenvalue weighted by atomic mass is 9.92. The monoisotopic (exact) mass is 153 g/mol. The minimum atomic E-state index is 0.584. The van der Waals surface area contributed by atoms with Gasteiger partial charge in [0, 0.05) is 0 Å². The van der Waals surface area contributed by atoms with Gasteiger partial charge in [0.2, 0.25) is 0 Å². The highest BCUT2D eigenvalue weighted by Crippen LogP contribution is 2.47. The Hall–Kier alpha value is -0.400. The maximum Gasteiger partial charge on any atom is 0.0842 e. The first-order chi connectivity index (χ1) is 5.42. The van der Waals surface area contributed by atoms with Crippen LogP contribution in [0.15, 0.2) is 5.18 Å². The van der Waals surface area contributed by atoms with Crippen molar-refractivity contribution in [3.8, 4) is 0 Å². The summed E-state index contributed by atoms with van der Waals surface area (Å²) >= 11 is 0. The molecule has 2 rings (SSSR count). The molecule has 0 saturated heterocycles. The molecule has 0 aromatic rings. The Balaban J connectivity index is 1.97. The van der Waals surface area contributed by atoms with Crippen LogP contribution in [-0.2, 0) is 0 Å². The average Bonchev–Trinajstić information content (AvgIpc) is 2.53. The Morgan fingerprint density at radius 1 is 1.18 bits per heavy atom. The van der Waals surface area contributed by atoms with E-state index in [0.717, 1.165) is 11.8 Å². The normalized spacial score (nSPS) is 42.4. The van der Waals surface area contributed by atoms with Gasteiger partial charge in [-0.3, -0.25) is 0 Å². The minimum Gasteiger partial charge on any atom is -0.151 e. The number of nitrogens with zero attached hydrogens (tertiary/aromatic N) is 1.